The zero-order valence-corrected chi connectivity index (χ0v) is 18.1. The Balaban J connectivity index is 2.40. The maximum absolute atomic E-state index is 13.1. The van der Waals surface area contributed by atoms with Crippen molar-refractivity contribution in [3.8, 4) is 29.6 Å². The van der Waals surface area contributed by atoms with E-state index in [0.717, 1.165) is 15.9 Å². The Morgan fingerprint density at radius 2 is 2.03 bits per heavy atom. The van der Waals surface area contributed by atoms with Gasteiger partial charge in [-0.2, -0.15) is 8.78 Å². The van der Waals surface area contributed by atoms with Gasteiger partial charge in [0, 0.05) is 5.56 Å². The first-order valence-electron chi connectivity index (χ1n) is 9.28. The van der Waals surface area contributed by atoms with Crippen LogP contribution in [0.25, 0.3) is 0 Å². The van der Waals surface area contributed by atoms with Crippen molar-refractivity contribution in [3.05, 3.63) is 59.7 Å². The molecule has 0 fully saturated rings. The lowest BCUT2D eigenvalue weighted by molar-refractivity contribution is -0.112. The van der Waals surface area contributed by atoms with Gasteiger partial charge in [-0.1, -0.05) is 37.4 Å². The van der Waals surface area contributed by atoms with E-state index in [1.54, 1.807) is 31.2 Å². The van der Waals surface area contributed by atoms with Crippen molar-refractivity contribution in [2.24, 2.45) is 0 Å². The number of hydrogen-bond acceptors (Lipinski definition) is 5. The van der Waals surface area contributed by atoms with Crippen molar-refractivity contribution in [2.75, 3.05) is 18.0 Å². The Bertz CT molecular complexity index is 988. The van der Waals surface area contributed by atoms with E-state index in [4.69, 9.17) is 20.6 Å². The fourth-order valence-corrected chi connectivity index (χ4v) is 3.28. The van der Waals surface area contributed by atoms with Crippen molar-refractivity contribution in [1.82, 2.24) is 0 Å². The van der Waals surface area contributed by atoms with Crippen molar-refractivity contribution >= 4 is 24.4 Å². The van der Waals surface area contributed by atoms with Gasteiger partial charge in [-0.25, -0.2) is 0 Å². The van der Waals surface area contributed by atoms with Gasteiger partial charge in [-0.05, 0) is 55.2 Å². The van der Waals surface area contributed by atoms with Crippen molar-refractivity contribution in [1.29, 1.82) is 0 Å². The van der Waals surface area contributed by atoms with Gasteiger partial charge in [0.2, 0.25) is 0 Å². The van der Waals surface area contributed by atoms with Gasteiger partial charge in [-0.3, -0.25) is 9.10 Å². The first-order valence-corrected chi connectivity index (χ1v) is 9.68. The standard InChI is InChI=1S/C23H23F2NO4S/c1-5-13-29-19-12-9-16(14-20(19)28-4)8-10-17-18(26(31)21(27)6-2)11-7-15(3)22(17)30-23(24)25/h1,6-7,9,11-12,14,23,31H,2,8,10,13H2,3-4H3. The highest BCUT2D eigenvalue weighted by atomic mass is 32.1. The molecule has 0 spiro atoms. The third-order valence-electron chi connectivity index (χ3n) is 4.45. The fourth-order valence-electron chi connectivity index (χ4n) is 3.01. The predicted octanol–water partition coefficient (Wildman–Crippen LogP) is 4.77. The van der Waals surface area contributed by atoms with Gasteiger partial charge in [0.25, 0.3) is 5.91 Å². The first-order chi connectivity index (χ1) is 14.8. The van der Waals surface area contributed by atoms with Gasteiger partial charge in [0.1, 0.15) is 12.4 Å². The van der Waals surface area contributed by atoms with Crippen molar-refractivity contribution in [3.63, 3.8) is 0 Å². The van der Waals surface area contributed by atoms with Crippen LogP contribution in [0.5, 0.6) is 17.2 Å². The number of aryl methyl sites for hydroxylation is 2. The van der Waals surface area contributed by atoms with Crippen LogP contribution in [-0.4, -0.2) is 26.2 Å². The quantitative estimate of drug-likeness (QED) is 0.324. The zero-order chi connectivity index (χ0) is 23.0. The highest BCUT2D eigenvalue weighted by Gasteiger charge is 2.21. The first kappa shape index (κ1) is 24.1. The lowest BCUT2D eigenvalue weighted by Crippen LogP contribution is -2.20. The second-order valence-electron chi connectivity index (χ2n) is 6.42. The number of terminal acetylenes is 1. The second-order valence-corrected chi connectivity index (χ2v) is 6.82. The van der Waals surface area contributed by atoms with Gasteiger partial charge < -0.3 is 14.2 Å². The molecule has 2 aromatic rings. The number of amides is 1. The smallest absolute Gasteiger partial charge is 0.387 e. The molecule has 2 aromatic carbocycles. The van der Waals surface area contributed by atoms with Crippen LogP contribution in [0.2, 0.25) is 0 Å². The average Bonchev–Trinajstić information content (AvgIpc) is 2.76. The number of benzene rings is 2. The molecule has 0 atom stereocenters. The summed E-state index contributed by atoms with van der Waals surface area (Å²) in [6, 6.07) is 8.56. The third kappa shape index (κ3) is 6.15. The number of ether oxygens (including phenoxy) is 3. The van der Waals surface area contributed by atoms with Crippen LogP contribution < -0.4 is 18.5 Å². The summed E-state index contributed by atoms with van der Waals surface area (Å²) in [6.07, 6.45) is 7.06. The van der Waals surface area contributed by atoms with Crippen LogP contribution in [0, 0.1) is 19.3 Å². The number of rotatable bonds is 10. The highest BCUT2D eigenvalue weighted by molar-refractivity contribution is 7.82. The summed E-state index contributed by atoms with van der Waals surface area (Å²) in [5.74, 6) is 2.91. The van der Waals surface area contributed by atoms with E-state index in [1.165, 1.54) is 7.11 Å². The fraction of sp³-hybridized carbons (Fsp3) is 0.261. The predicted molar refractivity (Wildman–Crippen MR) is 119 cm³/mol. The number of carbonyl (C=O) groups is 1. The highest BCUT2D eigenvalue weighted by Crippen LogP contribution is 2.36. The molecule has 0 aliphatic rings. The molecule has 0 bridgehead atoms. The maximum atomic E-state index is 13.1. The molecule has 0 radical (unpaired) electrons. The molecule has 0 aliphatic carbocycles. The number of alkyl halides is 2. The molecule has 1 amide bonds. The summed E-state index contributed by atoms with van der Waals surface area (Å²) in [5.41, 5.74) is 2.15. The van der Waals surface area contributed by atoms with Gasteiger partial charge in [0.05, 0.1) is 12.8 Å². The molecule has 2 rings (SSSR count). The molecule has 0 heterocycles. The zero-order valence-electron chi connectivity index (χ0n) is 17.2. The number of carbonyl (C=O) groups excluding carboxylic acids is 1. The lowest BCUT2D eigenvalue weighted by atomic mass is 9.99. The molecule has 5 nitrogen and oxygen atoms in total. The molecule has 0 aromatic heterocycles. The molecule has 0 saturated heterocycles. The third-order valence-corrected chi connectivity index (χ3v) is 4.87. The molecular formula is C23H23F2NO4S. The van der Waals surface area contributed by atoms with Crippen LogP contribution in [0.3, 0.4) is 0 Å². The Morgan fingerprint density at radius 1 is 1.29 bits per heavy atom. The summed E-state index contributed by atoms with van der Waals surface area (Å²) in [6.45, 7) is 2.19. The monoisotopic (exact) mass is 447 g/mol. The normalized spacial score (nSPS) is 10.4. The van der Waals surface area contributed by atoms with E-state index in [-0.39, 0.29) is 12.4 Å². The molecule has 0 N–H and O–H groups in total. The topological polar surface area (TPSA) is 48.0 Å². The van der Waals surface area contributed by atoms with E-state index < -0.39 is 12.5 Å². The minimum atomic E-state index is -3.01. The summed E-state index contributed by atoms with van der Waals surface area (Å²) >= 11 is 4.21. The number of hydrogen-bond donors (Lipinski definition) is 1. The molecule has 0 unspecified atom stereocenters. The minimum Gasteiger partial charge on any atom is -0.493 e. The van der Waals surface area contributed by atoms with Crippen LogP contribution in [0.1, 0.15) is 16.7 Å². The summed E-state index contributed by atoms with van der Waals surface area (Å²) in [4.78, 5) is 12.1. The molecular weight excluding hydrogens is 424 g/mol. The summed E-state index contributed by atoms with van der Waals surface area (Å²) in [5, 5.41) is 0. The second kappa shape index (κ2) is 11.3. The van der Waals surface area contributed by atoms with E-state index in [1.807, 2.05) is 6.07 Å². The van der Waals surface area contributed by atoms with Crippen LogP contribution in [0.4, 0.5) is 14.5 Å². The lowest BCUT2D eigenvalue weighted by Gasteiger charge is -2.22. The number of halogens is 2. The summed E-state index contributed by atoms with van der Waals surface area (Å²) in [7, 11) is 1.51. The van der Waals surface area contributed by atoms with Crippen LogP contribution in [-0.2, 0) is 17.6 Å². The van der Waals surface area contributed by atoms with Crippen LogP contribution in [0.15, 0.2) is 43.0 Å². The van der Waals surface area contributed by atoms with Gasteiger partial charge in [0.15, 0.2) is 11.5 Å². The van der Waals surface area contributed by atoms with E-state index in [2.05, 4.69) is 25.3 Å². The Hall–Kier alpha value is -3.18. The van der Waals surface area contributed by atoms with Crippen LogP contribution >= 0.6 is 12.8 Å². The minimum absolute atomic E-state index is 0.0179. The largest absolute Gasteiger partial charge is 0.493 e. The van der Waals surface area contributed by atoms with Gasteiger partial charge >= 0.3 is 6.61 Å². The van der Waals surface area contributed by atoms with Crippen molar-refractivity contribution < 1.29 is 27.8 Å². The Morgan fingerprint density at radius 3 is 2.65 bits per heavy atom. The molecule has 31 heavy (non-hydrogen) atoms. The SMILES string of the molecule is C#CCOc1ccc(CCc2c(N(S)C(=O)C=C)ccc(C)c2OC(F)F)cc1OC. The number of methoxy groups -OCH3 is 1. The Labute approximate surface area is 186 Å². The van der Waals surface area contributed by atoms with Gasteiger partial charge in [-0.15, -0.1) is 6.42 Å². The van der Waals surface area contributed by atoms with Crippen molar-refractivity contribution in [2.45, 2.75) is 26.4 Å². The number of anilines is 1. The Kier molecular flexibility index (Phi) is 8.76. The molecule has 164 valence electrons. The van der Waals surface area contributed by atoms with E-state index in [9.17, 15) is 13.6 Å². The number of nitrogens with zero attached hydrogens (tertiary/aromatic N) is 1. The average molecular weight is 448 g/mol. The molecule has 0 aliphatic heterocycles. The summed E-state index contributed by atoms with van der Waals surface area (Å²) < 4.78 is 42.7. The van der Waals surface area contributed by atoms with E-state index in [0.29, 0.717) is 41.2 Å². The van der Waals surface area contributed by atoms with E-state index >= 15 is 0 Å². The molecule has 8 heteroatoms. The number of thiol groups is 1. The maximum Gasteiger partial charge on any atom is 0.387 e. The molecule has 0 saturated carbocycles.